The van der Waals surface area contributed by atoms with Crippen LogP contribution < -0.4 is 0 Å². The maximum atomic E-state index is 11.7. The van der Waals surface area contributed by atoms with Crippen molar-refractivity contribution in [2.45, 2.75) is 26.8 Å². The Hall–Kier alpha value is -0.870. The highest BCUT2D eigenvalue weighted by Gasteiger charge is 2.23. The summed E-state index contributed by atoms with van der Waals surface area (Å²) in [6, 6.07) is 0. The second kappa shape index (κ2) is 4.97. The summed E-state index contributed by atoms with van der Waals surface area (Å²) in [5, 5.41) is 1.95. The van der Waals surface area contributed by atoms with E-state index < -0.39 is 0 Å². The first-order valence-electron chi connectivity index (χ1n) is 5.75. The summed E-state index contributed by atoms with van der Waals surface area (Å²) < 4.78 is 5.06. The highest BCUT2D eigenvalue weighted by molar-refractivity contribution is 7.10. The molecule has 1 aromatic rings. The molecule has 0 aromatic carbocycles. The van der Waals surface area contributed by atoms with E-state index in [4.69, 9.17) is 4.74 Å². The van der Waals surface area contributed by atoms with Crippen LogP contribution in [0.1, 0.15) is 34.6 Å². The number of hydrogen-bond acceptors (Lipinski definition) is 4. The molecule has 0 atom stereocenters. The van der Waals surface area contributed by atoms with Crippen LogP contribution in [-0.4, -0.2) is 30.6 Å². The Balaban J connectivity index is 2.19. The Labute approximate surface area is 100 Å². The SMILES string of the molecule is CCOC(=O)c1csc2c1CCN(CC)C2. The second-order valence-electron chi connectivity index (χ2n) is 3.89. The molecule has 1 aliphatic rings. The molecule has 0 unspecified atom stereocenters. The third kappa shape index (κ3) is 2.13. The lowest BCUT2D eigenvalue weighted by Gasteiger charge is -2.25. The predicted octanol–water partition coefficient (Wildman–Crippen LogP) is 2.30. The van der Waals surface area contributed by atoms with Crippen molar-refractivity contribution in [3.05, 3.63) is 21.4 Å². The number of thiophene rings is 1. The largest absolute Gasteiger partial charge is 0.462 e. The van der Waals surface area contributed by atoms with Crippen molar-refractivity contribution in [2.75, 3.05) is 19.7 Å². The molecular formula is C12H17NO2S. The van der Waals surface area contributed by atoms with E-state index in [2.05, 4.69) is 11.8 Å². The number of rotatable bonds is 3. The van der Waals surface area contributed by atoms with Crippen LogP contribution in [0.2, 0.25) is 0 Å². The van der Waals surface area contributed by atoms with E-state index in [-0.39, 0.29) is 5.97 Å². The van der Waals surface area contributed by atoms with Gasteiger partial charge in [-0.25, -0.2) is 4.79 Å². The number of carbonyl (C=O) groups excluding carboxylic acids is 1. The van der Waals surface area contributed by atoms with Crippen molar-refractivity contribution in [2.24, 2.45) is 0 Å². The molecule has 0 aliphatic carbocycles. The minimum atomic E-state index is -0.162. The van der Waals surface area contributed by atoms with Crippen LogP contribution in [0.4, 0.5) is 0 Å². The fraction of sp³-hybridized carbons (Fsp3) is 0.583. The summed E-state index contributed by atoms with van der Waals surface area (Å²) in [6.45, 7) is 7.57. The Morgan fingerprint density at radius 1 is 1.56 bits per heavy atom. The van der Waals surface area contributed by atoms with Gasteiger partial charge in [-0.15, -0.1) is 11.3 Å². The zero-order valence-electron chi connectivity index (χ0n) is 9.78. The molecule has 1 aromatic heterocycles. The molecule has 0 saturated carbocycles. The van der Waals surface area contributed by atoms with Gasteiger partial charge in [-0.2, -0.15) is 0 Å². The lowest BCUT2D eigenvalue weighted by atomic mass is 10.0. The molecule has 88 valence electrons. The van der Waals surface area contributed by atoms with Crippen LogP contribution in [0.5, 0.6) is 0 Å². The molecule has 0 spiro atoms. The number of carbonyl (C=O) groups is 1. The minimum Gasteiger partial charge on any atom is -0.462 e. The Morgan fingerprint density at radius 3 is 3.06 bits per heavy atom. The normalized spacial score (nSPS) is 15.9. The minimum absolute atomic E-state index is 0.162. The van der Waals surface area contributed by atoms with E-state index >= 15 is 0 Å². The number of ether oxygens (including phenoxy) is 1. The van der Waals surface area contributed by atoms with Gasteiger partial charge in [-0.3, -0.25) is 4.90 Å². The topological polar surface area (TPSA) is 29.5 Å². The third-order valence-electron chi connectivity index (χ3n) is 2.97. The average molecular weight is 239 g/mol. The molecule has 1 aliphatic heterocycles. The van der Waals surface area contributed by atoms with Crippen molar-refractivity contribution in [1.82, 2.24) is 4.90 Å². The molecule has 0 fully saturated rings. The van der Waals surface area contributed by atoms with Gasteiger partial charge < -0.3 is 4.74 Å². The molecular weight excluding hydrogens is 222 g/mol. The number of esters is 1. The molecule has 0 radical (unpaired) electrons. The zero-order chi connectivity index (χ0) is 11.5. The summed E-state index contributed by atoms with van der Waals surface area (Å²) in [4.78, 5) is 15.4. The van der Waals surface area contributed by atoms with Crippen molar-refractivity contribution in [1.29, 1.82) is 0 Å². The number of likely N-dealkylation sites (N-methyl/N-ethyl adjacent to an activating group) is 1. The second-order valence-corrected chi connectivity index (χ2v) is 4.85. The molecule has 0 saturated heterocycles. The van der Waals surface area contributed by atoms with Crippen molar-refractivity contribution in [3.63, 3.8) is 0 Å². The maximum Gasteiger partial charge on any atom is 0.339 e. The first kappa shape index (κ1) is 11.6. The quantitative estimate of drug-likeness (QED) is 0.758. The lowest BCUT2D eigenvalue weighted by molar-refractivity contribution is 0.0525. The summed E-state index contributed by atoms with van der Waals surface area (Å²) in [5.41, 5.74) is 2.01. The predicted molar refractivity (Wildman–Crippen MR) is 64.9 cm³/mol. The van der Waals surface area contributed by atoms with Crippen LogP contribution >= 0.6 is 11.3 Å². The van der Waals surface area contributed by atoms with Crippen LogP contribution in [-0.2, 0) is 17.7 Å². The summed E-state index contributed by atoms with van der Waals surface area (Å²) in [7, 11) is 0. The Bertz CT molecular complexity index is 386. The van der Waals surface area contributed by atoms with Gasteiger partial charge in [0.05, 0.1) is 12.2 Å². The Kier molecular flexibility index (Phi) is 3.61. The van der Waals surface area contributed by atoms with Crippen LogP contribution in [0, 0.1) is 0 Å². The van der Waals surface area contributed by atoms with Gasteiger partial charge >= 0.3 is 5.97 Å². The van der Waals surface area contributed by atoms with Crippen LogP contribution in [0.3, 0.4) is 0 Å². The third-order valence-corrected chi connectivity index (χ3v) is 3.98. The summed E-state index contributed by atoms with van der Waals surface area (Å²) in [6.07, 6.45) is 0.973. The molecule has 2 heterocycles. The average Bonchev–Trinajstić information content (AvgIpc) is 2.71. The Morgan fingerprint density at radius 2 is 2.38 bits per heavy atom. The zero-order valence-corrected chi connectivity index (χ0v) is 10.6. The fourth-order valence-electron chi connectivity index (χ4n) is 2.03. The van der Waals surface area contributed by atoms with Crippen LogP contribution in [0.15, 0.2) is 5.38 Å². The smallest absolute Gasteiger partial charge is 0.339 e. The van der Waals surface area contributed by atoms with Crippen molar-refractivity contribution >= 4 is 17.3 Å². The van der Waals surface area contributed by atoms with E-state index in [1.807, 2.05) is 12.3 Å². The monoisotopic (exact) mass is 239 g/mol. The fourth-order valence-corrected chi connectivity index (χ4v) is 3.14. The number of nitrogens with zero attached hydrogens (tertiary/aromatic N) is 1. The number of hydrogen-bond donors (Lipinski definition) is 0. The van der Waals surface area contributed by atoms with E-state index in [1.54, 1.807) is 11.3 Å². The maximum absolute atomic E-state index is 11.7. The van der Waals surface area contributed by atoms with E-state index in [0.717, 1.165) is 31.6 Å². The first-order valence-corrected chi connectivity index (χ1v) is 6.63. The van der Waals surface area contributed by atoms with Gasteiger partial charge in [0.25, 0.3) is 0 Å². The van der Waals surface area contributed by atoms with Gasteiger partial charge in [0, 0.05) is 23.3 Å². The highest BCUT2D eigenvalue weighted by atomic mass is 32.1. The molecule has 3 nitrogen and oxygen atoms in total. The van der Waals surface area contributed by atoms with Gasteiger partial charge in [-0.05, 0) is 25.5 Å². The standard InChI is InChI=1S/C12H17NO2S/c1-3-13-6-5-9-10(12(14)15-4-2)8-16-11(9)7-13/h8H,3-7H2,1-2H3. The molecule has 0 N–H and O–H groups in total. The van der Waals surface area contributed by atoms with E-state index in [0.29, 0.717) is 6.61 Å². The van der Waals surface area contributed by atoms with Crippen LogP contribution in [0.25, 0.3) is 0 Å². The van der Waals surface area contributed by atoms with E-state index in [1.165, 1.54) is 10.4 Å². The van der Waals surface area contributed by atoms with E-state index in [9.17, 15) is 4.79 Å². The summed E-state index contributed by atoms with van der Waals surface area (Å²) >= 11 is 1.68. The molecule has 0 amide bonds. The van der Waals surface area contributed by atoms with Gasteiger partial charge in [0.2, 0.25) is 0 Å². The van der Waals surface area contributed by atoms with Crippen molar-refractivity contribution in [3.8, 4) is 0 Å². The molecule has 16 heavy (non-hydrogen) atoms. The molecule has 2 rings (SSSR count). The lowest BCUT2D eigenvalue weighted by Crippen LogP contribution is -2.29. The van der Waals surface area contributed by atoms with Gasteiger partial charge in [0.1, 0.15) is 0 Å². The van der Waals surface area contributed by atoms with Crippen molar-refractivity contribution < 1.29 is 9.53 Å². The highest BCUT2D eigenvalue weighted by Crippen LogP contribution is 2.28. The molecule has 4 heteroatoms. The van der Waals surface area contributed by atoms with Gasteiger partial charge in [-0.1, -0.05) is 6.92 Å². The molecule has 0 bridgehead atoms. The van der Waals surface area contributed by atoms with Gasteiger partial charge in [0.15, 0.2) is 0 Å². The first-order chi connectivity index (χ1) is 7.76. The summed E-state index contributed by atoms with van der Waals surface area (Å²) in [5.74, 6) is -0.162. The number of fused-ring (bicyclic) bond motifs is 1.